The monoisotopic (exact) mass is 329 g/mol. The lowest BCUT2D eigenvalue weighted by Gasteiger charge is -2.29. The van der Waals surface area contributed by atoms with Crippen molar-refractivity contribution in [3.05, 3.63) is 72.2 Å². The SMILES string of the molecule is CC1(OC(=O)c2ccco2)C=CC(COC(=O)c2ccco2)=CN1. The summed E-state index contributed by atoms with van der Waals surface area (Å²) in [5.41, 5.74) is -0.306. The fraction of sp³-hybridized carbons (Fsp3) is 0.176. The molecule has 0 saturated carbocycles. The first-order valence-electron chi connectivity index (χ1n) is 7.19. The van der Waals surface area contributed by atoms with E-state index in [4.69, 9.17) is 18.3 Å². The quantitative estimate of drug-likeness (QED) is 0.843. The molecule has 0 saturated heterocycles. The zero-order valence-electron chi connectivity index (χ0n) is 12.9. The van der Waals surface area contributed by atoms with E-state index in [2.05, 4.69) is 5.32 Å². The second-order valence-electron chi connectivity index (χ2n) is 5.22. The van der Waals surface area contributed by atoms with Crippen molar-refractivity contribution >= 4 is 11.9 Å². The van der Waals surface area contributed by atoms with Crippen LogP contribution in [0.2, 0.25) is 0 Å². The predicted molar refractivity (Wildman–Crippen MR) is 81.9 cm³/mol. The Balaban J connectivity index is 1.53. The summed E-state index contributed by atoms with van der Waals surface area (Å²) in [4.78, 5) is 23.6. The molecule has 3 heterocycles. The Kier molecular flexibility index (Phi) is 4.24. The highest BCUT2D eigenvalue weighted by Gasteiger charge is 2.28. The van der Waals surface area contributed by atoms with Crippen LogP contribution >= 0.6 is 0 Å². The lowest BCUT2D eigenvalue weighted by molar-refractivity contribution is -0.00101. The maximum atomic E-state index is 11.9. The molecule has 0 radical (unpaired) electrons. The number of carbonyl (C=O) groups is 2. The number of nitrogens with one attached hydrogen (secondary N) is 1. The summed E-state index contributed by atoms with van der Waals surface area (Å²) in [7, 11) is 0. The molecule has 124 valence electrons. The molecule has 0 amide bonds. The Morgan fingerprint density at radius 2 is 1.79 bits per heavy atom. The standard InChI is InChI=1S/C17H15NO6/c1-17(24-16(20)14-5-3-9-22-14)7-6-12(10-18-17)11-23-15(19)13-4-2-8-21-13/h2-10,18H,11H2,1H3. The zero-order chi connectivity index (χ0) is 17.0. The first-order valence-corrected chi connectivity index (χ1v) is 7.19. The third-order valence-electron chi connectivity index (χ3n) is 3.28. The van der Waals surface area contributed by atoms with E-state index < -0.39 is 17.7 Å². The van der Waals surface area contributed by atoms with Gasteiger partial charge in [-0.3, -0.25) is 0 Å². The van der Waals surface area contributed by atoms with E-state index in [1.54, 1.807) is 37.4 Å². The van der Waals surface area contributed by atoms with Crippen LogP contribution in [0.15, 0.2) is 69.6 Å². The Hall–Kier alpha value is -3.22. The molecule has 1 N–H and O–H groups in total. The minimum Gasteiger partial charge on any atom is -0.457 e. The van der Waals surface area contributed by atoms with Crippen molar-refractivity contribution in [1.29, 1.82) is 0 Å². The van der Waals surface area contributed by atoms with Crippen LogP contribution in [-0.4, -0.2) is 24.3 Å². The summed E-state index contributed by atoms with van der Waals surface area (Å²) in [6.07, 6.45) is 7.78. The van der Waals surface area contributed by atoms with Crippen LogP contribution < -0.4 is 5.32 Å². The first kappa shape index (κ1) is 15.7. The minimum atomic E-state index is -1.02. The van der Waals surface area contributed by atoms with E-state index in [0.29, 0.717) is 5.57 Å². The predicted octanol–water partition coefficient (Wildman–Crippen LogP) is 2.65. The van der Waals surface area contributed by atoms with Gasteiger partial charge in [0.1, 0.15) is 6.61 Å². The summed E-state index contributed by atoms with van der Waals surface area (Å²) in [6.45, 7) is 1.75. The van der Waals surface area contributed by atoms with Gasteiger partial charge in [-0.15, -0.1) is 0 Å². The van der Waals surface area contributed by atoms with Crippen molar-refractivity contribution in [3.63, 3.8) is 0 Å². The van der Waals surface area contributed by atoms with E-state index in [1.165, 1.54) is 24.7 Å². The van der Waals surface area contributed by atoms with Gasteiger partial charge in [0.25, 0.3) is 0 Å². The average Bonchev–Trinajstić information content (AvgIpc) is 3.27. The third-order valence-corrected chi connectivity index (χ3v) is 3.28. The van der Waals surface area contributed by atoms with Crippen molar-refractivity contribution in [1.82, 2.24) is 5.32 Å². The number of hydrogen-bond donors (Lipinski definition) is 1. The molecule has 0 aromatic carbocycles. The topological polar surface area (TPSA) is 90.9 Å². The highest BCUT2D eigenvalue weighted by atomic mass is 16.6. The maximum Gasteiger partial charge on any atom is 0.376 e. The van der Waals surface area contributed by atoms with Gasteiger partial charge >= 0.3 is 11.9 Å². The van der Waals surface area contributed by atoms with Crippen LogP contribution in [-0.2, 0) is 9.47 Å². The van der Waals surface area contributed by atoms with Crippen molar-refractivity contribution < 1.29 is 27.9 Å². The summed E-state index contributed by atoms with van der Waals surface area (Å²) in [5, 5.41) is 2.95. The Labute approximate surface area is 137 Å². The Bertz CT molecular complexity index is 772. The van der Waals surface area contributed by atoms with E-state index in [-0.39, 0.29) is 18.1 Å². The summed E-state index contributed by atoms with van der Waals surface area (Å²) < 4.78 is 20.4. The molecule has 0 aliphatic carbocycles. The lowest BCUT2D eigenvalue weighted by atomic mass is 10.1. The molecule has 2 aromatic rings. The number of esters is 2. The summed E-state index contributed by atoms with van der Waals surface area (Å²) in [6, 6.07) is 6.26. The van der Waals surface area contributed by atoms with Crippen LogP contribution in [0, 0.1) is 0 Å². The highest BCUT2D eigenvalue weighted by Crippen LogP contribution is 2.18. The molecule has 0 spiro atoms. The van der Waals surface area contributed by atoms with E-state index in [9.17, 15) is 9.59 Å². The van der Waals surface area contributed by atoms with Crippen molar-refractivity contribution in [2.75, 3.05) is 6.61 Å². The molecule has 1 atom stereocenters. The van der Waals surface area contributed by atoms with Gasteiger partial charge in [-0.2, -0.15) is 0 Å². The number of hydrogen-bond acceptors (Lipinski definition) is 7. The van der Waals surface area contributed by atoms with Gasteiger partial charge in [-0.05, 0) is 37.3 Å². The van der Waals surface area contributed by atoms with E-state index in [1.807, 2.05) is 0 Å². The zero-order valence-corrected chi connectivity index (χ0v) is 12.9. The molecular weight excluding hydrogens is 314 g/mol. The smallest absolute Gasteiger partial charge is 0.376 e. The maximum absolute atomic E-state index is 11.9. The normalized spacial score (nSPS) is 19.3. The van der Waals surface area contributed by atoms with Crippen LogP contribution in [0.5, 0.6) is 0 Å². The summed E-state index contributed by atoms with van der Waals surface area (Å²) >= 11 is 0. The van der Waals surface area contributed by atoms with Gasteiger partial charge in [-0.25, -0.2) is 9.59 Å². The molecule has 0 bridgehead atoms. The molecule has 1 unspecified atom stereocenters. The Morgan fingerprint density at radius 1 is 1.12 bits per heavy atom. The van der Waals surface area contributed by atoms with Gasteiger partial charge in [-0.1, -0.05) is 6.08 Å². The molecular formula is C17H15NO6. The molecule has 3 rings (SSSR count). The van der Waals surface area contributed by atoms with Crippen LogP contribution in [0.4, 0.5) is 0 Å². The van der Waals surface area contributed by atoms with Gasteiger partial charge in [0, 0.05) is 11.8 Å². The largest absolute Gasteiger partial charge is 0.457 e. The fourth-order valence-electron chi connectivity index (χ4n) is 2.00. The number of dihydropyridines is 1. The molecule has 1 aliphatic heterocycles. The van der Waals surface area contributed by atoms with E-state index >= 15 is 0 Å². The molecule has 7 nitrogen and oxygen atoms in total. The van der Waals surface area contributed by atoms with Crippen molar-refractivity contribution in [3.8, 4) is 0 Å². The molecule has 2 aromatic heterocycles. The fourth-order valence-corrected chi connectivity index (χ4v) is 2.00. The molecule has 0 fully saturated rings. The van der Waals surface area contributed by atoms with Crippen LogP contribution in [0.3, 0.4) is 0 Å². The van der Waals surface area contributed by atoms with Crippen molar-refractivity contribution in [2.24, 2.45) is 0 Å². The third kappa shape index (κ3) is 3.57. The van der Waals surface area contributed by atoms with E-state index in [0.717, 1.165) is 0 Å². The number of rotatable bonds is 5. The first-order chi connectivity index (χ1) is 11.6. The average molecular weight is 329 g/mol. The van der Waals surface area contributed by atoms with Gasteiger partial charge < -0.3 is 23.6 Å². The second kappa shape index (κ2) is 6.49. The minimum absolute atomic E-state index is 0.0608. The number of carbonyl (C=O) groups excluding carboxylic acids is 2. The summed E-state index contributed by atoms with van der Waals surface area (Å²) in [5.74, 6) is -0.873. The molecule has 1 aliphatic rings. The lowest BCUT2D eigenvalue weighted by Crippen LogP contribution is -2.43. The van der Waals surface area contributed by atoms with Gasteiger partial charge in [0.2, 0.25) is 17.2 Å². The molecule has 7 heteroatoms. The van der Waals surface area contributed by atoms with Gasteiger partial charge in [0.15, 0.2) is 0 Å². The number of furan rings is 2. The van der Waals surface area contributed by atoms with Crippen molar-refractivity contribution in [2.45, 2.75) is 12.6 Å². The van der Waals surface area contributed by atoms with Crippen LogP contribution in [0.25, 0.3) is 0 Å². The van der Waals surface area contributed by atoms with Gasteiger partial charge in [0.05, 0.1) is 12.5 Å². The Morgan fingerprint density at radius 3 is 2.33 bits per heavy atom. The highest BCUT2D eigenvalue weighted by molar-refractivity contribution is 5.87. The number of ether oxygens (including phenoxy) is 2. The molecule has 24 heavy (non-hydrogen) atoms. The second-order valence-corrected chi connectivity index (χ2v) is 5.22. The van der Waals surface area contributed by atoms with Crippen LogP contribution in [0.1, 0.15) is 28.0 Å².